The van der Waals surface area contributed by atoms with E-state index in [1.54, 1.807) is 0 Å². The first-order valence-electron chi connectivity index (χ1n) is 13.7. The largest absolute Gasteiger partial charge is 0.497 e. The molecule has 0 saturated carbocycles. The Morgan fingerprint density at radius 1 is 0.638 bits per heavy atom. The SMILES string of the molecule is CCOC(=O)C(OC(=O)[C@@](OC)(c1ccccc1)C(F)(F)F)C(OC(=O)[C@@](OC)(c1ccccc1)C(F)(F)F)c1ccc(OC)cc1. The third kappa shape index (κ3) is 7.20. The van der Waals surface area contributed by atoms with Crippen molar-refractivity contribution in [2.75, 3.05) is 27.9 Å². The lowest BCUT2D eigenvalue weighted by Crippen LogP contribution is -2.55. The normalized spacial score (nSPS) is 15.7. The van der Waals surface area contributed by atoms with Crippen molar-refractivity contribution >= 4 is 17.9 Å². The molecule has 0 N–H and O–H groups in total. The summed E-state index contributed by atoms with van der Waals surface area (Å²) < 4.78 is 118. The zero-order valence-electron chi connectivity index (χ0n) is 25.4. The van der Waals surface area contributed by atoms with Crippen LogP contribution in [0.2, 0.25) is 0 Å². The van der Waals surface area contributed by atoms with Gasteiger partial charge in [-0.05, 0) is 24.6 Å². The van der Waals surface area contributed by atoms with Crippen molar-refractivity contribution in [3.63, 3.8) is 0 Å². The lowest BCUT2D eigenvalue weighted by Gasteiger charge is -2.36. The first kappa shape index (κ1) is 36.8. The second-order valence-electron chi connectivity index (χ2n) is 9.68. The van der Waals surface area contributed by atoms with Gasteiger partial charge in [-0.3, -0.25) is 0 Å². The van der Waals surface area contributed by atoms with Crippen LogP contribution in [0.3, 0.4) is 0 Å². The number of methoxy groups -OCH3 is 3. The molecule has 0 bridgehead atoms. The highest BCUT2D eigenvalue weighted by Gasteiger charge is 2.66. The topological polar surface area (TPSA) is 107 Å². The maximum Gasteiger partial charge on any atom is 0.432 e. The number of carbonyl (C=O) groups excluding carboxylic acids is 3. The van der Waals surface area contributed by atoms with E-state index >= 15 is 0 Å². The van der Waals surface area contributed by atoms with Crippen LogP contribution in [0.4, 0.5) is 26.3 Å². The Kier molecular flexibility index (Phi) is 11.6. The van der Waals surface area contributed by atoms with Crippen molar-refractivity contribution in [2.24, 2.45) is 0 Å². The van der Waals surface area contributed by atoms with E-state index < -0.39 is 71.4 Å². The zero-order valence-corrected chi connectivity index (χ0v) is 25.4. The Morgan fingerprint density at radius 2 is 1.06 bits per heavy atom. The molecule has 9 nitrogen and oxygen atoms in total. The molecule has 0 aliphatic heterocycles. The Hall–Kier alpha value is -4.63. The van der Waals surface area contributed by atoms with Crippen LogP contribution < -0.4 is 4.74 Å². The molecule has 0 aliphatic carbocycles. The lowest BCUT2D eigenvalue weighted by atomic mass is 9.92. The first-order chi connectivity index (χ1) is 22.1. The zero-order chi connectivity index (χ0) is 35.0. The summed E-state index contributed by atoms with van der Waals surface area (Å²) in [6.07, 6.45) is -15.9. The molecule has 0 amide bonds. The predicted octanol–water partition coefficient (Wildman–Crippen LogP) is 5.96. The third-order valence-corrected chi connectivity index (χ3v) is 7.05. The molecule has 0 fully saturated rings. The fraction of sp³-hybridized carbons (Fsp3) is 0.344. The van der Waals surface area contributed by atoms with Crippen LogP contribution in [0.5, 0.6) is 5.75 Å². The Labute approximate surface area is 265 Å². The number of halogens is 6. The van der Waals surface area contributed by atoms with Crippen molar-refractivity contribution in [2.45, 2.75) is 42.7 Å². The molecule has 0 saturated heterocycles. The minimum Gasteiger partial charge on any atom is -0.497 e. The summed E-state index contributed by atoms with van der Waals surface area (Å²) in [4.78, 5) is 40.5. The van der Waals surface area contributed by atoms with E-state index in [2.05, 4.69) is 0 Å². The second-order valence-corrected chi connectivity index (χ2v) is 9.68. The molecular formula is C32H30F6O9. The van der Waals surface area contributed by atoms with Gasteiger partial charge in [0.2, 0.25) is 6.10 Å². The fourth-order valence-electron chi connectivity index (χ4n) is 4.73. The molecule has 0 radical (unpaired) electrons. The van der Waals surface area contributed by atoms with Crippen molar-refractivity contribution in [3.8, 4) is 5.75 Å². The van der Waals surface area contributed by atoms with Gasteiger partial charge in [0.1, 0.15) is 5.75 Å². The fourth-order valence-corrected chi connectivity index (χ4v) is 4.73. The smallest absolute Gasteiger partial charge is 0.432 e. The van der Waals surface area contributed by atoms with E-state index in [-0.39, 0.29) is 11.3 Å². The standard InChI is InChI=1S/C32H30F6O9/c1-5-45-26(39)25(47-28(41)30(44-4,32(36,37)38)22-14-10-7-11-15-22)24(20-16-18-23(42-2)19-17-20)46-27(40)29(43-3,31(33,34)35)21-12-8-6-9-13-21/h6-19,24-25H,5H2,1-4H3/t24?,25?,29-,30-/m0/s1. The van der Waals surface area contributed by atoms with Gasteiger partial charge in [-0.2, -0.15) is 26.3 Å². The van der Waals surface area contributed by atoms with E-state index in [0.29, 0.717) is 14.2 Å². The summed E-state index contributed by atoms with van der Waals surface area (Å²) in [7, 11) is 2.44. The average molecular weight is 673 g/mol. The molecule has 47 heavy (non-hydrogen) atoms. The van der Waals surface area contributed by atoms with Gasteiger partial charge in [-0.25, -0.2) is 14.4 Å². The molecule has 3 aromatic carbocycles. The maximum atomic E-state index is 14.7. The van der Waals surface area contributed by atoms with Gasteiger partial charge in [-0.15, -0.1) is 0 Å². The Bertz CT molecular complexity index is 1500. The Morgan fingerprint density at radius 3 is 1.43 bits per heavy atom. The van der Waals surface area contributed by atoms with E-state index in [1.807, 2.05) is 0 Å². The molecule has 3 aromatic rings. The van der Waals surface area contributed by atoms with Gasteiger partial charge in [-0.1, -0.05) is 72.8 Å². The number of rotatable bonds is 13. The molecule has 3 rings (SSSR count). The molecule has 15 heteroatoms. The van der Waals surface area contributed by atoms with Gasteiger partial charge >= 0.3 is 30.3 Å². The monoisotopic (exact) mass is 672 g/mol. The predicted molar refractivity (Wildman–Crippen MR) is 151 cm³/mol. The summed E-state index contributed by atoms with van der Waals surface area (Å²) in [5.41, 5.74) is -9.40. The van der Waals surface area contributed by atoms with E-state index in [9.17, 15) is 40.7 Å². The lowest BCUT2D eigenvalue weighted by molar-refractivity contribution is -0.285. The van der Waals surface area contributed by atoms with Crippen molar-refractivity contribution in [3.05, 3.63) is 102 Å². The highest BCUT2D eigenvalue weighted by atomic mass is 19.4. The van der Waals surface area contributed by atoms with Gasteiger partial charge in [0.05, 0.1) is 13.7 Å². The van der Waals surface area contributed by atoms with Crippen LogP contribution in [0.15, 0.2) is 84.9 Å². The van der Waals surface area contributed by atoms with E-state index in [4.69, 9.17) is 28.4 Å². The van der Waals surface area contributed by atoms with Crippen LogP contribution in [0.1, 0.15) is 29.7 Å². The van der Waals surface area contributed by atoms with Crippen LogP contribution >= 0.6 is 0 Å². The van der Waals surface area contributed by atoms with Gasteiger partial charge in [0.15, 0.2) is 6.10 Å². The van der Waals surface area contributed by atoms with Crippen LogP contribution in [-0.2, 0) is 49.3 Å². The number of esters is 3. The minimum absolute atomic E-state index is 0.203. The van der Waals surface area contributed by atoms with Crippen LogP contribution in [0.25, 0.3) is 0 Å². The average Bonchev–Trinajstić information content (AvgIpc) is 3.03. The first-order valence-corrected chi connectivity index (χ1v) is 13.7. The highest BCUT2D eigenvalue weighted by molar-refractivity contribution is 5.87. The van der Waals surface area contributed by atoms with Crippen molar-refractivity contribution < 1.29 is 69.1 Å². The molecule has 0 aliphatic rings. The Balaban J connectivity index is 2.25. The van der Waals surface area contributed by atoms with E-state index in [0.717, 1.165) is 36.4 Å². The summed E-state index contributed by atoms with van der Waals surface area (Å²) in [6, 6.07) is 15.9. The van der Waals surface area contributed by atoms with E-state index in [1.165, 1.54) is 62.6 Å². The summed E-state index contributed by atoms with van der Waals surface area (Å²) >= 11 is 0. The van der Waals surface area contributed by atoms with Crippen molar-refractivity contribution in [1.82, 2.24) is 0 Å². The minimum atomic E-state index is -5.50. The third-order valence-electron chi connectivity index (χ3n) is 7.05. The number of ether oxygens (including phenoxy) is 6. The highest BCUT2D eigenvalue weighted by Crippen LogP contribution is 2.46. The second kappa shape index (κ2) is 14.9. The summed E-state index contributed by atoms with van der Waals surface area (Å²) in [5.74, 6) is -5.69. The van der Waals surface area contributed by atoms with Gasteiger partial charge in [0.25, 0.3) is 11.2 Å². The number of benzene rings is 3. The maximum absolute atomic E-state index is 14.7. The van der Waals surface area contributed by atoms with Crippen LogP contribution in [0, 0.1) is 0 Å². The van der Waals surface area contributed by atoms with Crippen molar-refractivity contribution in [1.29, 1.82) is 0 Å². The molecule has 254 valence electrons. The molecular weight excluding hydrogens is 642 g/mol. The summed E-state index contributed by atoms with van der Waals surface area (Å²) in [6.45, 7) is 0.886. The van der Waals surface area contributed by atoms with Gasteiger partial charge in [0, 0.05) is 25.3 Å². The number of hydrogen-bond acceptors (Lipinski definition) is 9. The number of carbonyl (C=O) groups is 3. The van der Waals surface area contributed by atoms with Crippen LogP contribution in [-0.4, -0.2) is 64.3 Å². The number of alkyl halides is 6. The van der Waals surface area contributed by atoms with Gasteiger partial charge < -0.3 is 28.4 Å². The quantitative estimate of drug-likeness (QED) is 0.124. The molecule has 4 atom stereocenters. The molecule has 0 heterocycles. The number of hydrogen-bond donors (Lipinski definition) is 0. The molecule has 2 unspecified atom stereocenters. The molecule has 0 aromatic heterocycles. The molecule has 0 spiro atoms. The summed E-state index contributed by atoms with van der Waals surface area (Å²) in [5, 5.41) is 0.